The first kappa shape index (κ1) is 14.8. The van der Waals surface area contributed by atoms with Crippen molar-refractivity contribution in [2.75, 3.05) is 13.7 Å². The summed E-state index contributed by atoms with van der Waals surface area (Å²) >= 11 is 0. The fourth-order valence-corrected chi connectivity index (χ4v) is 2.37. The molecule has 1 atom stereocenters. The molecular weight excluding hydrogens is 238 g/mol. The minimum atomic E-state index is -1.04. The fraction of sp³-hybridized carbons (Fsp3) is 0.833. The fourth-order valence-electron chi connectivity index (χ4n) is 2.37. The van der Waals surface area contributed by atoms with Gasteiger partial charge in [0, 0.05) is 0 Å². The second-order valence-corrected chi connectivity index (χ2v) is 5.64. The highest BCUT2D eigenvalue weighted by Gasteiger charge is 2.47. The van der Waals surface area contributed by atoms with Crippen LogP contribution in [0, 0.1) is 5.41 Å². The Morgan fingerprint density at radius 2 is 2.06 bits per heavy atom. The van der Waals surface area contributed by atoms with E-state index in [9.17, 15) is 14.7 Å². The molecule has 0 aromatic carbocycles. The zero-order chi connectivity index (χ0) is 14.1. The van der Waals surface area contributed by atoms with Crippen LogP contribution in [0.25, 0.3) is 0 Å². The lowest BCUT2D eigenvalue weighted by Gasteiger charge is -2.33. The summed E-state index contributed by atoms with van der Waals surface area (Å²) in [6.45, 7) is 7.17. The van der Waals surface area contributed by atoms with Crippen LogP contribution in [0.2, 0.25) is 0 Å². The second-order valence-electron chi connectivity index (χ2n) is 5.64. The predicted molar refractivity (Wildman–Crippen MR) is 64.1 cm³/mol. The van der Waals surface area contributed by atoms with Crippen molar-refractivity contribution in [2.45, 2.75) is 45.9 Å². The van der Waals surface area contributed by atoms with E-state index >= 15 is 0 Å². The molecule has 6 nitrogen and oxygen atoms in total. The van der Waals surface area contributed by atoms with Crippen LogP contribution in [0.15, 0.2) is 0 Å². The molecule has 1 heterocycles. The van der Waals surface area contributed by atoms with Gasteiger partial charge in [0.2, 0.25) is 0 Å². The van der Waals surface area contributed by atoms with Crippen LogP contribution in [-0.2, 0) is 14.3 Å². The number of hydrogen-bond donors (Lipinski definition) is 1. The van der Waals surface area contributed by atoms with Crippen molar-refractivity contribution >= 4 is 12.1 Å². The Morgan fingerprint density at radius 1 is 1.50 bits per heavy atom. The molecule has 1 N–H and O–H groups in total. The van der Waals surface area contributed by atoms with Crippen LogP contribution in [-0.4, -0.2) is 47.6 Å². The zero-order valence-corrected chi connectivity index (χ0v) is 11.5. The molecule has 1 aliphatic rings. The minimum absolute atomic E-state index is 0.291. The normalized spacial score (nSPS) is 22.9. The maximum absolute atomic E-state index is 11.6. The van der Waals surface area contributed by atoms with Crippen molar-refractivity contribution in [2.24, 2.45) is 5.41 Å². The average molecular weight is 259 g/mol. The van der Waals surface area contributed by atoms with Crippen molar-refractivity contribution in [3.63, 3.8) is 0 Å². The van der Waals surface area contributed by atoms with Gasteiger partial charge in [0.1, 0.15) is 5.72 Å². The van der Waals surface area contributed by atoms with Gasteiger partial charge in [-0.25, -0.2) is 4.79 Å². The summed E-state index contributed by atoms with van der Waals surface area (Å²) < 4.78 is 10.2. The van der Waals surface area contributed by atoms with E-state index < -0.39 is 17.2 Å². The number of hydrogen-bond acceptors (Lipinski definition) is 4. The summed E-state index contributed by atoms with van der Waals surface area (Å²) in [5, 5.41) is 9.24. The van der Waals surface area contributed by atoms with Crippen LogP contribution in [0.3, 0.4) is 0 Å². The molecule has 0 aromatic rings. The lowest BCUT2D eigenvalue weighted by molar-refractivity contribution is -0.151. The molecule has 1 unspecified atom stereocenters. The number of carbonyl (C=O) groups excluding carboxylic acids is 1. The molecular formula is C12H21NO5. The first-order chi connectivity index (χ1) is 8.12. The highest BCUT2D eigenvalue weighted by molar-refractivity contribution is 5.76. The minimum Gasteiger partial charge on any atom is -0.469 e. The lowest BCUT2D eigenvalue weighted by atomic mass is 9.85. The maximum Gasteiger partial charge on any atom is 0.409 e. The zero-order valence-electron chi connectivity index (χ0n) is 11.5. The van der Waals surface area contributed by atoms with Gasteiger partial charge in [0.15, 0.2) is 0 Å². The molecule has 0 bridgehead atoms. The Morgan fingerprint density at radius 3 is 2.50 bits per heavy atom. The Hall–Kier alpha value is -1.30. The number of esters is 1. The molecule has 0 radical (unpaired) electrons. The maximum atomic E-state index is 11.6. The van der Waals surface area contributed by atoms with Crippen LogP contribution >= 0.6 is 0 Å². The molecule has 1 aliphatic heterocycles. The quantitative estimate of drug-likeness (QED) is 0.780. The largest absolute Gasteiger partial charge is 0.469 e. The van der Waals surface area contributed by atoms with Gasteiger partial charge in [0.05, 0.1) is 25.2 Å². The van der Waals surface area contributed by atoms with Crippen LogP contribution < -0.4 is 0 Å². The van der Waals surface area contributed by atoms with Crippen molar-refractivity contribution in [1.82, 2.24) is 4.90 Å². The molecule has 0 aliphatic carbocycles. The first-order valence-electron chi connectivity index (χ1n) is 5.86. The Balaban J connectivity index is 2.85. The highest BCUT2D eigenvalue weighted by atomic mass is 16.5. The van der Waals surface area contributed by atoms with Gasteiger partial charge in [-0.15, -0.1) is 0 Å². The van der Waals surface area contributed by atoms with Crippen molar-refractivity contribution in [3.8, 4) is 0 Å². The number of amides is 1. The number of carboxylic acid groups (broad SMARTS) is 1. The second kappa shape index (κ2) is 4.76. The molecule has 104 valence electrons. The first-order valence-corrected chi connectivity index (χ1v) is 5.86. The summed E-state index contributed by atoms with van der Waals surface area (Å²) in [7, 11) is 1.33. The molecule has 0 aromatic heterocycles. The predicted octanol–water partition coefficient (Wildman–Crippen LogP) is 1.69. The molecule has 18 heavy (non-hydrogen) atoms. The van der Waals surface area contributed by atoms with Crippen molar-refractivity contribution < 1.29 is 24.2 Å². The summed E-state index contributed by atoms with van der Waals surface area (Å²) in [5.41, 5.74) is -1.60. The van der Waals surface area contributed by atoms with E-state index in [2.05, 4.69) is 0 Å². The number of ether oxygens (including phenoxy) is 2. The summed E-state index contributed by atoms with van der Waals surface area (Å²) in [6, 6.07) is -0.341. The van der Waals surface area contributed by atoms with E-state index in [4.69, 9.17) is 9.47 Å². The molecule has 1 saturated heterocycles. The molecule has 1 rings (SSSR count). The number of methoxy groups -OCH3 is 1. The molecule has 0 spiro atoms. The van der Waals surface area contributed by atoms with Crippen LogP contribution in [0.1, 0.15) is 34.1 Å². The summed E-state index contributed by atoms with van der Waals surface area (Å²) in [4.78, 5) is 24.2. The Bertz CT molecular complexity index is 350. The molecule has 6 heteroatoms. The molecule has 0 saturated carbocycles. The van der Waals surface area contributed by atoms with Crippen LogP contribution in [0.5, 0.6) is 0 Å². The van der Waals surface area contributed by atoms with Crippen molar-refractivity contribution in [3.05, 3.63) is 0 Å². The third-order valence-corrected chi connectivity index (χ3v) is 3.26. The molecule has 1 fully saturated rings. The lowest BCUT2D eigenvalue weighted by Crippen LogP contribution is -2.49. The van der Waals surface area contributed by atoms with Crippen molar-refractivity contribution in [1.29, 1.82) is 0 Å². The van der Waals surface area contributed by atoms with E-state index in [0.717, 1.165) is 0 Å². The topological polar surface area (TPSA) is 76.1 Å². The Kier molecular flexibility index (Phi) is 3.90. The highest BCUT2D eigenvalue weighted by Crippen LogP contribution is 2.34. The van der Waals surface area contributed by atoms with E-state index in [1.807, 2.05) is 0 Å². The average Bonchev–Trinajstić information content (AvgIpc) is 2.51. The van der Waals surface area contributed by atoms with Crippen LogP contribution in [0.4, 0.5) is 4.79 Å². The van der Waals surface area contributed by atoms with E-state index in [1.165, 1.54) is 12.0 Å². The third-order valence-electron chi connectivity index (χ3n) is 3.26. The van der Waals surface area contributed by atoms with Gasteiger partial charge in [-0.1, -0.05) is 0 Å². The summed E-state index contributed by atoms with van der Waals surface area (Å²) in [6.07, 6.45) is -0.668. The van der Waals surface area contributed by atoms with Gasteiger partial charge in [-0.2, -0.15) is 0 Å². The number of carbonyl (C=O) groups is 2. The van der Waals surface area contributed by atoms with Gasteiger partial charge < -0.3 is 14.6 Å². The third kappa shape index (κ3) is 2.75. The monoisotopic (exact) mass is 259 g/mol. The van der Waals surface area contributed by atoms with E-state index in [-0.39, 0.29) is 12.0 Å². The van der Waals surface area contributed by atoms with E-state index in [1.54, 1.807) is 27.7 Å². The standard InChI is InChI=1S/C12H21NO5/c1-11(2,9(14)17-5)6-8-7-18-12(3,4)13(8)10(15)16/h8H,6-7H2,1-5H3,(H,15,16). The van der Waals surface area contributed by atoms with Gasteiger partial charge >= 0.3 is 12.1 Å². The molecule has 1 amide bonds. The SMILES string of the molecule is COC(=O)C(C)(C)CC1COC(C)(C)N1C(=O)O. The van der Waals surface area contributed by atoms with Gasteiger partial charge in [-0.3, -0.25) is 9.69 Å². The smallest absolute Gasteiger partial charge is 0.409 e. The van der Waals surface area contributed by atoms with Gasteiger partial charge in [-0.05, 0) is 34.1 Å². The number of rotatable bonds is 3. The van der Waals surface area contributed by atoms with E-state index in [0.29, 0.717) is 13.0 Å². The summed E-state index contributed by atoms with van der Waals surface area (Å²) in [5.74, 6) is -0.349. The number of nitrogens with zero attached hydrogens (tertiary/aromatic N) is 1. The van der Waals surface area contributed by atoms with Gasteiger partial charge in [0.25, 0.3) is 0 Å². The Labute approximate surface area is 107 Å².